The van der Waals surface area contributed by atoms with Crippen LogP contribution < -0.4 is 5.32 Å². The van der Waals surface area contributed by atoms with E-state index in [0.717, 1.165) is 4.31 Å². The molecule has 86 valence electrons. The summed E-state index contributed by atoms with van der Waals surface area (Å²) < 4.78 is 27.1. The molecule has 0 aromatic carbocycles. The highest BCUT2D eigenvalue weighted by molar-refractivity contribution is 7.88. The molecule has 0 radical (unpaired) electrons. The van der Waals surface area contributed by atoms with E-state index in [9.17, 15) is 8.42 Å². The lowest BCUT2D eigenvalue weighted by Gasteiger charge is -2.24. The van der Waals surface area contributed by atoms with Crippen LogP contribution in [-0.2, 0) is 10.2 Å². The van der Waals surface area contributed by atoms with Crippen molar-refractivity contribution in [2.45, 2.75) is 26.3 Å². The molecule has 1 N–H and O–H groups in total. The van der Waals surface area contributed by atoms with Gasteiger partial charge in [0.1, 0.15) is 0 Å². The molecule has 0 atom stereocenters. The van der Waals surface area contributed by atoms with Gasteiger partial charge < -0.3 is 5.32 Å². The lowest BCUT2D eigenvalue weighted by molar-refractivity contribution is 0.507. The molecule has 8 heteroatoms. The Labute approximate surface area is 94.2 Å². The molecule has 1 rings (SSSR count). The second-order valence-corrected chi connectivity index (χ2v) is 6.08. The normalized spacial score (nSPS) is 20.7. The van der Waals surface area contributed by atoms with Crippen LogP contribution >= 0.6 is 11.6 Å². The number of hydrogen-bond acceptors (Lipinski definition) is 4. The van der Waals surface area contributed by atoms with Gasteiger partial charge in [-0.3, -0.25) is 0 Å². The highest BCUT2D eigenvalue weighted by atomic mass is 35.5. The first kappa shape index (κ1) is 12.3. The Morgan fingerprint density at radius 2 is 1.93 bits per heavy atom. The van der Waals surface area contributed by atoms with Crippen LogP contribution in [0.15, 0.2) is 9.39 Å². The molecule has 0 spiro atoms. The van der Waals surface area contributed by atoms with Gasteiger partial charge in [0.25, 0.3) is 0 Å². The van der Waals surface area contributed by atoms with Crippen LogP contribution in [0.25, 0.3) is 0 Å². The van der Waals surface area contributed by atoms with Crippen molar-refractivity contribution in [2.75, 3.05) is 7.05 Å². The summed E-state index contributed by atoms with van der Waals surface area (Å²) in [5.41, 5.74) is -0.328. The van der Waals surface area contributed by atoms with Crippen LogP contribution in [-0.4, -0.2) is 36.6 Å². The van der Waals surface area contributed by atoms with Gasteiger partial charge in [0.05, 0.1) is 0 Å². The maximum absolute atomic E-state index is 11.4. The molecule has 0 amide bonds. The molecule has 0 fully saturated rings. The summed E-state index contributed by atoms with van der Waals surface area (Å²) in [4.78, 5) is 3.81. The third-order valence-corrected chi connectivity index (χ3v) is 3.20. The molecule has 0 unspecified atom stereocenters. The van der Waals surface area contributed by atoms with Crippen LogP contribution in [0.2, 0.25) is 0 Å². The van der Waals surface area contributed by atoms with Crippen molar-refractivity contribution in [3.05, 3.63) is 0 Å². The highest BCUT2D eigenvalue weighted by Crippen LogP contribution is 2.12. The maximum Gasteiger partial charge on any atom is 0.349 e. The van der Waals surface area contributed by atoms with Gasteiger partial charge in [-0.25, -0.2) is 4.31 Å². The Kier molecular flexibility index (Phi) is 2.97. The summed E-state index contributed by atoms with van der Waals surface area (Å²) in [6, 6.07) is 0. The quantitative estimate of drug-likeness (QED) is 0.639. The zero-order valence-electron chi connectivity index (χ0n) is 8.94. The van der Waals surface area contributed by atoms with Gasteiger partial charge in [0, 0.05) is 12.6 Å². The number of nitrogens with zero attached hydrogens (tertiary/aromatic N) is 3. The topological polar surface area (TPSA) is 74.1 Å². The number of rotatable bonds is 0. The molecule has 0 aromatic heterocycles. The lowest BCUT2D eigenvalue weighted by Crippen LogP contribution is -2.44. The number of hydrogen-bond donors (Lipinski definition) is 1. The Balaban J connectivity index is 3.04. The van der Waals surface area contributed by atoms with E-state index in [0.29, 0.717) is 0 Å². The molecular formula is C7H13ClN4O2S. The molecular weight excluding hydrogens is 240 g/mol. The maximum atomic E-state index is 11.4. The molecule has 0 aromatic rings. The number of nitrogens with one attached hydrogen (secondary N) is 1. The van der Waals surface area contributed by atoms with E-state index in [1.807, 2.05) is 20.8 Å². The predicted octanol–water partition coefficient (Wildman–Crippen LogP) is 0.515. The van der Waals surface area contributed by atoms with Gasteiger partial charge in [-0.2, -0.15) is 13.4 Å². The molecule has 15 heavy (non-hydrogen) atoms. The molecule has 1 heterocycles. The second-order valence-electron chi connectivity index (χ2n) is 4.12. The van der Waals surface area contributed by atoms with Gasteiger partial charge in [0.15, 0.2) is 0 Å². The smallest absolute Gasteiger partial charge is 0.349 e. The fraction of sp³-hybridized carbons (Fsp3) is 0.714. The van der Waals surface area contributed by atoms with Crippen molar-refractivity contribution in [3.63, 3.8) is 0 Å². The van der Waals surface area contributed by atoms with Crippen LogP contribution in [0, 0.1) is 0 Å². The SMILES string of the molecule is CN1C(Cl)=NC(NC(C)(C)C)=NS1(=O)=O. The van der Waals surface area contributed by atoms with Crippen molar-refractivity contribution in [2.24, 2.45) is 9.39 Å². The zero-order chi connectivity index (χ0) is 11.9. The first-order chi connectivity index (χ1) is 6.62. The average molecular weight is 253 g/mol. The highest BCUT2D eigenvalue weighted by Gasteiger charge is 2.27. The van der Waals surface area contributed by atoms with Gasteiger partial charge in [-0.15, -0.1) is 4.40 Å². The lowest BCUT2D eigenvalue weighted by atomic mass is 10.1. The van der Waals surface area contributed by atoms with Gasteiger partial charge in [-0.05, 0) is 32.4 Å². The summed E-state index contributed by atoms with van der Waals surface area (Å²) in [5.74, 6) is 0.00519. The molecule has 1 aliphatic heterocycles. The Bertz CT molecular complexity index is 421. The third kappa shape index (κ3) is 3.07. The predicted molar refractivity (Wildman–Crippen MR) is 60.3 cm³/mol. The minimum Gasteiger partial charge on any atom is -0.349 e. The summed E-state index contributed by atoms with van der Waals surface area (Å²) in [7, 11) is -2.45. The van der Waals surface area contributed by atoms with Gasteiger partial charge >= 0.3 is 10.2 Å². The fourth-order valence-electron chi connectivity index (χ4n) is 0.830. The summed E-state index contributed by atoms with van der Waals surface area (Å²) in [6.07, 6.45) is 0. The van der Waals surface area contributed by atoms with Crippen molar-refractivity contribution < 1.29 is 8.42 Å². The average Bonchev–Trinajstić information content (AvgIpc) is 1.95. The standard InChI is InChI=1S/C7H13ClN4O2S/c1-7(2,3)10-6-9-5(8)12(4)15(13,14)11-6/h1-4H3,(H,10,11). The monoisotopic (exact) mass is 252 g/mol. The second kappa shape index (κ2) is 3.64. The summed E-state index contributed by atoms with van der Waals surface area (Å²) >= 11 is 5.65. The number of halogens is 1. The van der Waals surface area contributed by atoms with E-state index in [1.54, 1.807) is 0 Å². The molecule has 0 aliphatic carbocycles. The minimum atomic E-state index is -3.74. The largest absolute Gasteiger partial charge is 0.349 e. The molecule has 1 aliphatic rings. The van der Waals surface area contributed by atoms with E-state index >= 15 is 0 Å². The van der Waals surface area contributed by atoms with Crippen LogP contribution in [0.1, 0.15) is 20.8 Å². The Morgan fingerprint density at radius 3 is 2.33 bits per heavy atom. The van der Waals surface area contributed by atoms with E-state index < -0.39 is 10.2 Å². The zero-order valence-corrected chi connectivity index (χ0v) is 10.5. The van der Waals surface area contributed by atoms with E-state index in [1.165, 1.54) is 7.05 Å². The Hall–Kier alpha value is -0.820. The van der Waals surface area contributed by atoms with Crippen molar-refractivity contribution >= 4 is 33.1 Å². The molecule has 0 saturated heterocycles. The van der Waals surface area contributed by atoms with Crippen LogP contribution in [0.5, 0.6) is 0 Å². The summed E-state index contributed by atoms with van der Waals surface area (Å²) in [5, 5.41) is 2.71. The van der Waals surface area contributed by atoms with Crippen LogP contribution in [0.4, 0.5) is 0 Å². The first-order valence-corrected chi connectivity index (χ1v) is 6.00. The molecule has 6 nitrogen and oxygen atoms in total. The molecule has 0 bridgehead atoms. The Morgan fingerprint density at radius 1 is 1.40 bits per heavy atom. The number of guanidine groups is 1. The van der Waals surface area contributed by atoms with E-state index in [-0.39, 0.29) is 16.8 Å². The van der Waals surface area contributed by atoms with Gasteiger partial charge in [-0.1, -0.05) is 0 Å². The number of aliphatic imine (C=N–C) groups is 1. The first-order valence-electron chi connectivity index (χ1n) is 4.23. The van der Waals surface area contributed by atoms with E-state index in [2.05, 4.69) is 14.7 Å². The molecule has 0 saturated carbocycles. The van der Waals surface area contributed by atoms with Crippen molar-refractivity contribution in [3.8, 4) is 0 Å². The van der Waals surface area contributed by atoms with Crippen molar-refractivity contribution in [1.82, 2.24) is 9.62 Å². The van der Waals surface area contributed by atoms with E-state index in [4.69, 9.17) is 11.6 Å². The van der Waals surface area contributed by atoms with Gasteiger partial charge in [0.2, 0.25) is 11.3 Å². The third-order valence-electron chi connectivity index (χ3n) is 1.49. The van der Waals surface area contributed by atoms with Crippen LogP contribution in [0.3, 0.4) is 0 Å². The fourth-order valence-corrected chi connectivity index (χ4v) is 1.83. The number of amidine groups is 1. The minimum absolute atomic E-state index is 0.00519. The van der Waals surface area contributed by atoms with Crippen molar-refractivity contribution in [1.29, 1.82) is 0 Å². The summed E-state index contributed by atoms with van der Waals surface area (Å²) in [6.45, 7) is 5.59.